The summed E-state index contributed by atoms with van der Waals surface area (Å²) >= 11 is 0. The topological polar surface area (TPSA) is 20.2 Å². The number of aliphatic hydroxyl groups is 1. The predicted molar refractivity (Wildman–Crippen MR) is 38.5 cm³/mol. The third-order valence-electron chi connectivity index (χ3n) is 2.09. The maximum absolute atomic E-state index is 12.0. The molecule has 0 aromatic carbocycles. The van der Waals surface area contributed by atoms with Crippen molar-refractivity contribution in [1.82, 2.24) is 0 Å². The fraction of sp³-hybridized carbons (Fsp3) is 0.750. The average molecular weight is 180 g/mol. The van der Waals surface area contributed by atoms with Gasteiger partial charge < -0.3 is 5.11 Å². The second-order valence-corrected chi connectivity index (χ2v) is 3.03. The summed E-state index contributed by atoms with van der Waals surface area (Å²) < 4.78 is 35.9. The lowest BCUT2D eigenvalue weighted by Crippen LogP contribution is -2.36. The van der Waals surface area contributed by atoms with Crippen LogP contribution in [0, 0.1) is 5.92 Å². The molecule has 0 aromatic heterocycles. The summed E-state index contributed by atoms with van der Waals surface area (Å²) in [6.45, 7) is 0. The van der Waals surface area contributed by atoms with E-state index < -0.39 is 18.2 Å². The SMILES string of the molecule is OC(C1CC=CCC1)C(F)(F)F. The number of hydrogen-bond acceptors (Lipinski definition) is 1. The summed E-state index contributed by atoms with van der Waals surface area (Å²) in [5.41, 5.74) is 0. The normalized spacial score (nSPS) is 27.2. The highest BCUT2D eigenvalue weighted by Crippen LogP contribution is 2.31. The van der Waals surface area contributed by atoms with E-state index in [1.165, 1.54) is 0 Å². The van der Waals surface area contributed by atoms with Crippen LogP contribution in [0.4, 0.5) is 13.2 Å². The number of alkyl halides is 3. The van der Waals surface area contributed by atoms with Crippen molar-refractivity contribution < 1.29 is 18.3 Å². The van der Waals surface area contributed by atoms with Crippen LogP contribution in [0.1, 0.15) is 19.3 Å². The van der Waals surface area contributed by atoms with E-state index in [0.717, 1.165) is 0 Å². The summed E-state index contributed by atoms with van der Waals surface area (Å²) in [7, 11) is 0. The lowest BCUT2D eigenvalue weighted by molar-refractivity contribution is -0.219. The van der Waals surface area contributed by atoms with E-state index in [-0.39, 0.29) is 0 Å². The first-order valence-corrected chi connectivity index (χ1v) is 3.91. The Bertz CT molecular complexity index is 174. The highest BCUT2D eigenvalue weighted by Gasteiger charge is 2.42. The van der Waals surface area contributed by atoms with Gasteiger partial charge in [-0.2, -0.15) is 13.2 Å². The molecule has 1 aliphatic rings. The van der Waals surface area contributed by atoms with Crippen LogP contribution >= 0.6 is 0 Å². The van der Waals surface area contributed by atoms with Gasteiger partial charge in [0.25, 0.3) is 0 Å². The van der Waals surface area contributed by atoms with Crippen molar-refractivity contribution in [1.29, 1.82) is 0 Å². The van der Waals surface area contributed by atoms with Gasteiger partial charge in [0.15, 0.2) is 6.10 Å². The third kappa shape index (κ3) is 2.24. The summed E-state index contributed by atoms with van der Waals surface area (Å²) in [6.07, 6.45) is -1.67. The highest BCUT2D eigenvalue weighted by molar-refractivity contribution is 4.93. The van der Waals surface area contributed by atoms with Gasteiger partial charge in [-0.3, -0.25) is 0 Å². The number of aliphatic hydroxyl groups excluding tert-OH is 1. The largest absolute Gasteiger partial charge is 0.414 e. The summed E-state index contributed by atoms with van der Waals surface area (Å²) in [5, 5.41) is 8.85. The smallest absolute Gasteiger partial charge is 0.383 e. The van der Waals surface area contributed by atoms with Crippen LogP contribution in [-0.2, 0) is 0 Å². The van der Waals surface area contributed by atoms with Crippen LogP contribution in [0.5, 0.6) is 0 Å². The van der Waals surface area contributed by atoms with Gasteiger partial charge in [-0.05, 0) is 25.2 Å². The molecule has 1 N–H and O–H groups in total. The fourth-order valence-electron chi connectivity index (χ4n) is 1.37. The van der Waals surface area contributed by atoms with E-state index in [1.807, 2.05) is 6.08 Å². The quantitative estimate of drug-likeness (QED) is 0.613. The van der Waals surface area contributed by atoms with Crippen LogP contribution in [0.2, 0.25) is 0 Å². The number of allylic oxidation sites excluding steroid dienone is 2. The third-order valence-corrected chi connectivity index (χ3v) is 2.09. The molecule has 1 nitrogen and oxygen atoms in total. The first-order chi connectivity index (χ1) is 5.52. The van der Waals surface area contributed by atoms with Gasteiger partial charge in [0.1, 0.15) is 0 Å². The molecule has 0 amide bonds. The minimum Gasteiger partial charge on any atom is -0.383 e. The van der Waals surface area contributed by atoms with Gasteiger partial charge in [-0.25, -0.2) is 0 Å². The van der Waals surface area contributed by atoms with E-state index in [1.54, 1.807) is 6.08 Å². The second kappa shape index (κ2) is 3.47. The van der Waals surface area contributed by atoms with Crippen molar-refractivity contribution in [3.63, 3.8) is 0 Å². The highest BCUT2D eigenvalue weighted by atomic mass is 19.4. The molecule has 0 fully saturated rings. The molecule has 2 atom stereocenters. The van der Waals surface area contributed by atoms with E-state index in [4.69, 9.17) is 5.11 Å². The Morgan fingerprint density at radius 2 is 2.00 bits per heavy atom. The average Bonchev–Trinajstić information content (AvgIpc) is 2.03. The molecule has 12 heavy (non-hydrogen) atoms. The zero-order valence-corrected chi connectivity index (χ0v) is 6.51. The summed E-state index contributed by atoms with van der Waals surface area (Å²) in [4.78, 5) is 0. The van der Waals surface area contributed by atoms with Crippen LogP contribution in [0.15, 0.2) is 12.2 Å². The Labute approximate surface area is 68.9 Å². The monoisotopic (exact) mass is 180 g/mol. The maximum Gasteiger partial charge on any atom is 0.414 e. The second-order valence-electron chi connectivity index (χ2n) is 3.03. The summed E-state index contributed by atoms with van der Waals surface area (Å²) in [5.74, 6) is -0.644. The molecule has 0 bridgehead atoms. The first-order valence-electron chi connectivity index (χ1n) is 3.91. The molecule has 0 aliphatic heterocycles. The van der Waals surface area contributed by atoms with E-state index >= 15 is 0 Å². The molecule has 1 rings (SSSR count). The molecular weight excluding hydrogens is 169 g/mol. The molecule has 0 saturated carbocycles. The standard InChI is InChI=1S/C8H11F3O/c9-8(10,11)7(12)6-4-2-1-3-5-6/h1-2,6-7,12H,3-5H2. The molecule has 0 heterocycles. The zero-order chi connectivity index (χ0) is 9.19. The molecule has 2 unspecified atom stereocenters. The Morgan fingerprint density at radius 3 is 2.42 bits per heavy atom. The van der Waals surface area contributed by atoms with Gasteiger partial charge in [0, 0.05) is 0 Å². The fourth-order valence-corrected chi connectivity index (χ4v) is 1.37. The van der Waals surface area contributed by atoms with Gasteiger partial charge in [0.05, 0.1) is 0 Å². The molecule has 4 heteroatoms. The van der Waals surface area contributed by atoms with Crippen molar-refractivity contribution in [2.75, 3.05) is 0 Å². The van der Waals surface area contributed by atoms with Crippen LogP contribution in [0.25, 0.3) is 0 Å². The number of rotatable bonds is 1. The van der Waals surface area contributed by atoms with Crippen molar-refractivity contribution >= 4 is 0 Å². The van der Waals surface area contributed by atoms with Gasteiger partial charge in [-0.1, -0.05) is 12.2 Å². The maximum atomic E-state index is 12.0. The van der Waals surface area contributed by atoms with Gasteiger partial charge in [0.2, 0.25) is 0 Å². The lowest BCUT2D eigenvalue weighted by atomic mass is 9.89. The van der Waals surface area contributed by atoms with Gasteiger partial charge in [-0.15, -0.1) is 0 Å². The van der Waals surface area contributed by atoms with E-state index in [2.05, 4.69) is 0 Å². The molecular formula is C8H11F3O. The molecule has 70 valence electrons. The zero-order valence-electron chi connectivity index (χ0n) is 6.51. The molecule has 0 spiro atoms. The Morgan fingerprint density at radius 1 is 1.33 bits per heavy atom. The van der Waals surface area contributed by atoms with E-state index in [0.29, 0.717) is 19.3 Å². The Hall–Kier alpha value is -0.510. The first kappa shape index (κ1) is 9.58. The van der Waals surface area contributed by atoms with Crippen molar-refractivity contribution in [3.05, 3.63) is 12.2 Å². The van der Waals surface area contributed by atoms with Crippen LogP contribution in [-0.4, -0.2) is 17.4 Å². The van der Waals surface area contributed by atoms with Crippen molar-refractivity contribution in [2.24, 2.45) is 5.92 Å². The van der Waals surface area contributed by atoms with E-state index in [9.17, 15) is 13.2 Å². The van der Waals surface area contributed by atoms with Crippen LogP contribution in [0.3, 0.4) is 0 Å². The molecule has 0 radical (unpaired) electrons. The molecule has 0 aromatic rings. The lowest BCUT2D eigenvalue weighted by Gasteiger charge is -2.25. The minimum atomic E-state index is -4.46. The molecule has 1 aliphatic carbocycles. The number of hydrogen-bond donors (Lipinski definition) is 1. The molecule has 0 saturated heterocycles. The summed E-state index contributed by atoms with van der Waals surface area (Å²) in [6, 6.07) is 0. The predicted octanol–water partition coefficient (Wildman–Crippen LogP) is 2.27. The Kier molecular flexibility index (Phi) is 2.77. The van der Waals surface area contributed by atoms with Crippen LogP contribution < -0.4 is 0 Å². The van der Waals surface area contributed by atoms with Gasteiger partial charge >= 0.3 is 6.18 Å². The minimum absolute atomic E-state index is 0.334. The Balaban J connectivity index is 2.52. The van der Waals surface area contributed by atoms with Crippen molar-refractivity contribution in [3.8, 4) is 0 Å². The van der Waals surface area contributed by atoms with Crippen molar-refractivity contribution in [2.45, 2.75) is 31.5 Å². The number of halogens is 3.